The summed E-state index contributed by atoms with van der Waals surface area (Å²) in [6.07, 6.45) is 4.52. The Bertz CT molecular complexity index is 544. The van der Waals surface area contributed by atoms with Crippen LogP contribution in [0.2, 0.25) is 0 Å². The van der Waals surface area contributed by atoms with Crippen LogP contribution in [0.3, 0.4) is 0 Å². The van der Waals surface area contributed by atoms with Gasteiger partial charge in [0.1, 0.15) is 0 Å². The van der Waals surface area contributed by atoms with E-state index < -0.39 is 0 Å². The SMILES string of the molecule is CCNC(=NCc1ccc(SC)cc1)N1CCC2(CCOC2)C1.I. The Morgan fingerprint density at radius 3 is 2.75 bits per heavy atom. The maximum atomic E-state index is 5.63. The number of halogens is 1. The van der Waals surface area contributed by atoms with Gasteiger partial charge >= 0.3 is 0 Å². The number of ether oxygens (including phenoxy) is 1. The molecule has 1 atom stereocenters. The molecule has 0 bridgehead atoms. The molecule has 2 fully saturated rings. The second kappa shape index (κ2) is 9.29. The topological polar surface area (TPSA) is 36.9 Å². The number of rotatable bonds is 4. The third-order valence-electron chi connectivity index (χ3n) is 4.83. The van der Waals surface area contributed by atoms with Gasteiger partial charge in [-0.15, -0.1) is 35.7 Å². The second-order valence-corrected chi connectivity index (χ2v) is 7.37. The summed E-state index contributed by atoms with van der Waals surface area (Å²) in [5.41, 5.74) is 1.63. The fourth-order valence-corrected chi connectivity index (χ4v) is 3.82. The van der Waals surface area contributed by atoms with E-state index in [2.05, 4.69) is 47.7 Å². The quantitative estimate of drug-likeness (QED) is 0.322. The van der Waals surface area contributed by atoms with Crippen LogP contribution in [-0.2, 0) is 11.3 Å². The number of likely N-dealkylation sites (tertiary alicyclic amines) is 1. The van der Waals surface area contributed by atoms with Crippen molar-refractivity contribution in [3.05, 3.63) is 29.8 Å². The van der Waals surface area contributed by atoms with Crippen molar-refractivity contribution < 1.29 is 4.74 Å². The van der Waals surface area contributed by atoms with Gasteiger partial charge in [-0.05, 0) is 43.7 Å². The van der Waals surface area contributed by atoms with Gasteiger partial charge in [0.15, 0.2) is 5.96 Å². The molecule has 1 aromatic rings. The minimum absolute atomic E-state index is 0. The van der Waals surface area contributed by atoms with Crippen LogP contribution < -0.4 is 5.32 Å². The highest BCUT2D eigenvalue weighted by molar-refractivity contribution is 14.0. The van der Waals surface area contributed by atoms with Crippen molar-refractivity contribution in [3.8, 4) is 0 Å². The van der Waals surface area contributed by atoms with E-state index in [1.807, 2.05) is 0 Å². The molecule has 2 heterocycles. The minimum atomic E-state index is 0. The molecule has 1 aromatic carbocycles. The zero-order valence-electron chi connectivity index (χ0n) is 14.6. The van der Waals surface area contributed by atoms with Crippen molar-refractivity contribution in [2.24, 2.45) is 10.4 Å². The van der Waals surface area contributed by atoms with Crippen molar-refractivity contribution in [1.82, 2.24) is 10.2 Å². The maximum absolute atomic E-state index is 5.63. The molecule has 2 aliphatic heterocycles. The molecule has 4 nitrogen and oxygen atoms in total. The molecule has 0 radical (unpaired) electrons. The van der Waals surface area contributed by atoms with Gasteiger partial charge in [0.05, 0.1) is 13.2 Å². The largest absolute Gasteiger partial charge is 0.381 e. The van der Waals surface area contributed by atoms with E-state index in [1.165, 1.54) is 23.3 Å². The highest BCUT2D eigenvalue weighted by Gasteiger charge is 2.42. The van der Waals surface area contributed by atoms with E-state index in [9.17, 15) is 0 Å². The van der Waals surface area contributed by atoms with Crippen LogP contribution in [0.4, 0.5) is 0 Å². The van der Waals surface area contributed by atoms with Crippen molar-refractivity contribution in [2.45, 2.75) is 31.2 Å². The van der Waals surface area contributed by atoms with Crippen LogP contribution in [0.5, 0.6) is 0 Å². The summed E-state index contributed by atoms with van der Waals surface area (Å²) in [4.78, 5) is 8.57. The molecule has 0 aliphatic carbocycles. The van der Waals surface area contributed by atoms with E-state index >= 15 is 0 Å². The molecule has 24 heavy (non-hydrogen) atoms. The predicted molar refractivity (Wildman–Crippen MR) is 113 cm³/mol. The molecule has 2 aliphatic rings. The molecule has 0 saturated carbocycles. The molecule has 0 amide bonds. The highest BCUT2D eigenvalue weighted by Crippen LogP contribution is 2.38. The molecule has 3 rings (SSSR count). The van der Waals surface area contributed by atoms with Crippen molar-refractivity contribution in [3.63, 3.8) is 0 Å². The average molecular weight is 461 g/mol. The normalized spacial score (nSPS) is 23.6. The van der Waals surface area contributed by atoms with Crippen LogP contribution in [-0.4, -0.2) is 50.0 Å². The van der Waals surface area contributed by atoms with Gasteiger partial charge in [0, 0.05) is 36.6 Å². The fraction of sp³-hybridized carbons (Fsp3) is 0.611. The Hall–Kier alpha value is -0.470. The van der Waals surface area contributed by atoms with E-state index in [1.54, 1.807) is 11.8 Å². The summed E-state index contributed by atoms with van der Waals surface area (Å²) in [6.45, 7) is 7.77. The van der Waals surface area contributed by atoms with Crippen LogP contribution in [0.1, 0.15) is 25.3 Å². The number of nitrogens with zero attached hydrogens (tertiary/aromatic N) is 2. The molecule has 1 N–H and O–H groups in total. The number of thioether (sulfide) groups is 1. The first-order valence-corrected chi connectivity index (χ1v) is 9.71. The third-order valence-corrected chi connectivity index (χ3v) is 5.57. The number of hydrogen-bond donors (Lipinski definition) is 1. The highest BCUT2D eigenvalue weighted by atomic mass is 127. The number of guanidine groups is 1. The lowest BCUT2D eigenvalue weighted by atomic mass is 9.87. The van der Waals surface area contributed by atoms with Gasteiger partial charge in [-0.2, -0.15) is 0 Å². The molecule has 0 aromatic heterocycles. The van der Waals surface area contributed by atoms with Gasteiger partial charge in [-0.3, -0.25) is 0 Å². The number of hydrogen-bond acceptors (Lipinski definition) is 3. The van der Waals surface area contributed by atoms with E-state index in [-0.39, 0.29) is 24.0 Å². The lowest BCUT2D eigenvalue weighted by Gasteiger charge is -2.25. The lowest BCUT2D eigenvalue weighted by Crippen LogP contribution is -2.41. The Morgan fingerprint density at radius 1 is 1.33 bits per heavy atom. The summed E-state index contributed by atoms with van der Waals surface area (Å²) in [5, 5.41) is 3.45. The Balaban J connectivity index is 0.00000208. The smallest absolute Gasteiger partial charge is 0.194 e. The van der Waals surface area contributed by atoms with Crippen LogP contribution in [0, 0.1) is 5.41 Å². The summed E-state index contributed by atoms with van der Waals surface area (Å²) in [5.74, 6) is 1.05. The third kappa shape index (κ3) is 4.79. The second-order valence-electron chi connectivity index (χ2n) is 6.49. The van der Waals surface area contributed by atoms with E-state index in [4.69, 9.17) is 9.73 Å². The molecule has 1 unspecified atom stereocenters. The number of aliphatic imine (C=N–C) groups is 1. The Morgan fingerprint density at radius 2 is 2.12 bits per heavy atom. The van der Waals surface area contributed by atoms with Gasteiger partial charge in [-0.25, -0.2) is 4.99 Å². The molecule has 2 saturated heterocycles. The van der Waals surface area contributed by atoms with Gasteiger partial charge in [-0.1, -0.05) is 12.1 Å². The maximum Gasteiger partial charge on any atom is 0.194 e. The predicted octanol–water partition coefficient (Wildman–Crippen LogP) is 3.60. The Kier molecular flexibility index (Phi) is 7.68. The standard InChI is InChI=1S/C18H27N3OS.HI/c1-3-19-17(20-12-15-4-6-16(23-2)7-5-15)21-10-8-18(13-21)9-11-22-14-18;/h4-7H,3,8-14H2,1-2H3,(H,19,20);1H. The van der Waals surface area contributed by atoms with Gasteiger partial charge in [0.25, 0.3) is 0 Å². The average Bonchev–Trinajstić information content (AvgIpc) is 3.22. The Labute approximate surface area is 166 Å². The van der Waals surface area contributed by atoms with Gasteiger partial charge in [0.2, 0.25) is 0 Å². The molecular formula is C18H28IN3OS. The first kappa shape index (κ1) is 19.8. The fourth-order valence-electron chi connectivity index (χ4n) is 3.41. The van der Waals surface area contributed by atoms with Crippen molar-refractivity contribution in [1.29, 1.82) is 0 Å². The lowest BCUT2D eigenvalue weighted by molar-refractivity contribution is 0.156. The summed E-state index contributed by atoms with van der Waals surface area (Å²) >= 11 is 1.77. The minimum Gasteiger partial charge on any atom is -0.381 e. The monoisotopic (exact) mass is 461 g/mol. The van der Waals surface area contributed by atoms with Crippen LogP contribution >= 0.6 is 35.7 Å². The van der Waals surface area contributed by atoms with Crippen LogP contribution in [0.15, 0.2) is 34.2 Å². The van der Waals surface area contributed by atoms with Crippen LogP contribution in [0.25, 0.3) is 0 Å². The summed E-state index contributed by atoms with van der Waals surface area (Å²) in [6, 6.07) is 8.69. The molecular weight excluding hydrogens is 433 g/mol. The number of nitrogens with one attached hydrogen (secondary N) is 1. The van der Waals surface area contributed by atoms with E-state index in [0.717, 1.165) is 45.4 Å². The molecule has 1 spiro atoms. The molecule has 134 valence electrons. The number of benzene rings is 1. The summed E-state index contributed by atoms with van der Waals surface area (Å²) < 4.78 is 5.63. The van der Waals surface area contributed by atoms with Crippen molar-refractivity contribution >= 4 is 41.7 Å². The van der Waals surface area contributed by atoms with Gasteiger partial charge < -0.3 is 15.0 Å². The first-order chi connectivity index (χ1) is 11.2. The molecule has 6 heteroatoms. The van der Waals surface area contributed by atoms with E-state index in [0.29, 0.717) is 5.41 Å². The first-order valence-electron chi connectivity index (χ1n) is 8.49. The van der Waals surface area contributed by atoms with Crippen molar-refractivity contribution in [2.75, 3.05) is 39.1 Å². The summed E-state index contributed by atoms with van der Waals surface area (Å²) in [7, 11) is 0. The zero-order chi connectivity index (χ0) is 16.1. The zero-order valence-corrected chi connectivity index (χ0v) is 17.7.